The maximum absolute atomic E-state index is 11.4. The molecule has 0 amide bonds. The van der Waals surface area contributed by atoms with Crippen molar-refractivity contribution >= 4 is 27.6 Å². The van der Waals surface area contributed by atoms with Gasteiger partial charge in [0.2, 0.25) is 10.0 Å². The number of nitro groups is 1. The normalized spacial score (nSPS) is 15.6. The zero-order valence-electron chi connectivity index (χ0n) is 13.9. The number of sulfonamides is 1. The molecule has 1 saturated heterocycles. The SMILES string of the molecule is CS(=O)(=O)N1CCN(Cc2ccc([N+](=O)[O-])cc2)CC1.O=C(O)C(=O)O. The Morgan fingerprint density at radius 2 is 1.54 bits per heavy atom. The van der Waals surface area contributed by atoms with Crippen molar-refractivity contribution in [1.82, 2.24) is 9.21 Å². The van der Waals surface area contributed by atoms with E-state index in [0.717, 1.165) is 5.56 Å². The van der Waals surface area contributed by atoms with Crippen LogP contribution in [-0.4, -0.2) is 77.1 Å². The molecular formula is C14H19N3O8S. The Bertz CT molecular complexity index is 743. The fourth-order valence-electron chi connectivity index (χ4n) is 2.20. The van der Waals surface area contributed by atoms with Crippen LogP contribution in [-0.2, 0) is 26.2 Å². The van der Waals surface area contributed by atoms with Crippen LogP contribution in [0.2, 0.25) is 0 Å². The fraction of sp³-hybridized carbons (Fsp3) is 0.429. The van der Waals surface area contributed by atoms with Crippen molar-refractivity contribution in [2.45, 2.75) is 6.54 Å². The Labute approximate surface area is 149 Å². The van der Waals surface area contributed by atoms with Gasteiger partial charge in [0.05, 0.1) is 11.2 Å². The van der Waals surface area contributed by atoms with Gasteiger partial charge in [0.1, 0.15) is 0 Å². The predicted octanol–water partition coefficient (Wildman–Crippen LogP) is -0.172. The molecule has 0 atom stereocenters. The third-order valence-electron chi connectivity index (χ3n) is 3.54. The average Bonchev–Trinajstić information content (AvgIpc) is 2.55. The zero-order valence-corrected chi connectivity index (χ0v) is 14.8. The minimum atomic E-state index is -3.11. The van der Waals surface area contributed by atoms with Crippen LogP contribution < -0.4 is 0 Å². The second-order valence-corrected chi connectivity index (χ2v) is 7.45. The largest absolute Gasteiger partial charge is 0.473 e. The molecule has 0 unspecified atom stereocenters. The molecule has 0 radical (unpaired) electrons. The second-order valence-electron chi connectivity index (χ2n) is 5.47. The summed E-state index contributed by atoms with van der Waals surface area (Å²) in [5, 5.41) is 25.3. The number of carboxylic acids is 2. The number of benzene rings is 1. The first-order valence-corrected chi connectivity index (χ1v) is 9.22. The molecular weight excluding hydrogens is 370 g/mol. The van der Waals surface area contributed by atoms with Crippen molar-refractivity contribution in [3.63, 3.8) is 0 Å². The maximum Gasteiger partial charge on any atom is 0.414 e. The molecule has 2 rings (SSSR count). The van der Waals surface area contributed by atoms with Crippen molar-refractivity contribution in [2.24, 2.45) is 0 Å². The number of piperazine rings is 1. The molecule has 0 bridgehead atoms. The minimum Gasteiger partial charge on any atom is -0.473 e. The van der Waals surface area contributed by atoms with Crippen molar-refractivity contribution in [1.29, 1.82) is 0 Å². The van der Waals surface area contributed by atoms with E-state index < -0.39 is 26.9 Å². The Balaban J connectivity index is 0.000000487. The van der Waals surface area contributed by atoms with Gasteiger partial charge in [-0.1, -0.05) is 12.1 Å². The number of hydrogen-bond donors (Lipinski definition) is 2. The quantitative estimate of drug-likeness (QED) is 0.405. The van der Waals surface area contributed by atoms with Gasteiger partial charge in [0.15, 0.2) is 0 Å². The Morgan fingerprint density at radius 1 is 1.08 bits per heavy atom. The molecule has 1 heterocycles. The molecule has 0 aromatic heterocycles. The lowest BCUT2D eigenvalue weighted by molar-refractivity contribution is -0.384. The van der Waals surface area contributed by atoms with Crippen LogP contribution in [0.25, 0.3) is 0 Å². The zero-order chi connectivity index (χ0) is 19.9. The highest BCUT2D eigenvalue weighted by molar-refractivity contribution is 7.88. The van der Waals surface area contributed by atoms with E-state index in [2.05, 4.69) is 4.90 Å². The highest BCUT2D eigenvalue weighted by Crippen LogP contribution is 2.15. The molecule has 0 aliphatic carbocycles. The summed E-state index contributed by atoms with van der Waals surface area (Å²) in [6.45, 7) is 3.00. The summed E-state index contributed by atoms with van der Waals surface area (Å²) in [6.07, 6.45) is 1.22. The van der Waals surface area contributed by atoms with E-state index in [1.54, 1.807) is 12.1 Å². The van der Waals surface area contributed by atoms with Crippen molar-refractivity contribution in [3.05, 3.63) is 39.9 Å². The van der Waals surface area contributed by atoms with E-state index in [0.29, 0.717) is 32.7 Å². The number of aliphatic carboxylic acids is 2. The molecule has 26 heavy (non-hydrogen) atoms. The first kappa shape index (κ1) is 21.5. The molecule has 0 spiro atoms. The molecule has 0 saturated carbocycles. The number of carboxylic acid groups (broad SMARTS) is 2. The summed E-state index contributed by atoms with van der Waals surface area (Å²) in [5.41, 5.74) is 1.07. The van der Waals surface area contributed by atoms with Crippen LogP contribution in [0, 0.1) is 10.1 Å². The van der Waals surface area contributed by atoms with E-state index >= 15 is 0 Å². The maximum atomic E-state index is 11.4. The lowest BCUT2D eigenvalue weighted by Gasteiger charge is -2.33. The average molecular weight is 389 g/mol. The van der Waals surface area contributed by atoms with Crippen LogP contribution in [0.5, 0.6) is 0 Å². The monoisotopic (exact) mass is 389 g/mol. The highest BCUT2D eigenvalue weighted by atomic mass is 32.2. The first-order chi connectivity index (χ1) is 12.0. The van der Waals surface area contributed by atoms with Crippen molar-refractivity contribution in [2.75, 3.05) is 32.4 Å². The van der Waals surface area contributed by atoms with Crippen molar-refractivity contribution in [3.8, 4) is 0 Å². The van der Waals surface area contributed by atoms with Gasteiger partial charge in [-0.05, 0) is 5.56 Å². The molecule has 12 heteroatoms. The lowest BCUT2D eigenvalue weighted by atomic mass is 10.2. The summed E-state index contributed by atoms with van der Waals surface area (Å²) < 4.78 is 24.3. The molecule has 1 aromatic carbocycles. The van der Waals surface area contributed by atoms with Crippen molar-refractivity contribution < 1.29 is 33.1 Å². The Hall–Kier alpha value is -2.57. The van der Waals surface area contributed by atoms with E-state index in [1.807, 2.05) is 0 Å². The molecule has 11 nitrogen and oxygen atoms in total. The van der Waals surface area contributed by atoms with Gasteiger partial charge in [0.25, 0.3) is 5.69 Å². The topological polar surface area (TPSA) is 158 Å². The number of nitro benzene ring substituents is 1. The summed E-state index contributed by atoms with van der Waals surface area (Å²) in [7, 11) is -3.11. The van der Waals surface area contributed by atoms with Gasteiger partial charge in [-0.3, -0.25) is 15.0 Å². The number of carbonyl (C=O) groups is 2. The molecule has 1 aromatic rings. The molecule has 1 aliphatic heterocycles. The first-order valence-electron chi connectivity index (χ1n) is 7.37. The number of hydrogen-bond acceptors (Lipinski definition) is 7. The van der Waals surface area contributed by atoms with Crippen LogP contribution in [0.15, 0.2) is 24.3 Å². The van der Waals surface area contributed by atoms with Crippen LogP contribution in [0.3, 0.4) is 0 Å². The summed E-state index contributed by atoms with van der Waals surface area (Å²) >= 11 is 0. The Morgan fingerprint density at radius 3 is 1.88 bits per heavy atom. The predicted molar refractivity (Wildman–Crippen MR) is 90.1 cm³/mol. The number of nitrogens with zero attached hydrogens (tertiary/aromatic N) is 3. The molecule has 1 fully saturated rings. The number of non-ortho nitro benzene ring substituents is 1. The highest BCUT2D eigenvalue weighted by Gasteiger charge is 2.23. The van der Waals surface area contributed by atoms with E-state index in [1.165, 1.54) is 22.7 Å². The summed E-state index contributed by atoms with van der Waals surface area (Å²) in [6, 6.07) is 6.45. The fourth-order valence-corrected chi connectivity index (χ4v) is 3.03. The minimum absolute atomic E-state index is 0.0793. The van der Waals surface area contributed by atoms with Gasteiger partial charge in [0, 0.05) is 44.9 Å². The van der Waals surface area contributed by atoms with Gasteiger partial charge < -0.3 is 10.2 Å². The molecule has 1 aliphatic rings. The number of rotatable bonds is 4. The van der Waals surface area contributed by atoms with E-state index in [4.69, 9.17) is 19.8 Å². The molecule has 2 N–H and O–H groups in total. The Kier molecular flexibility index (Phi) is 7.61. The standard InChI is InChI=1S/C12H17N3O4S.C2H2O4/c1-20(18,19)14-8-6-13(7-9-14)10-11-2-4-12(5-3-11)15(16)17;3-1(4)2(5)6/h2-5H,6-10H2,1H3;(H,3,4)(H,5,6). The van der Waals surface area contributed by atoms with Crippen LogP contribution >= 0.6 is 0 Å². The van der Waals surface area contributed by atoms with Crippen LogP contribution in [0.1, 0.15) is 5.56 Å². The van der Waals surface area contributed by atoms with Gasteiger partial charge in [-0.2, -0.15) is 4.31 Å². The summed E-state index contributed by atoms with van der Waals surface area (Å²) in [4.78, 5) is 30.5. The second kappa shape index (κ2) is 9.22. The van der Waals surface area contributed by atoms with Gasteiger partial charge in [-0.25, -0.2) is 18.0 Å². The third-order valence-corrected chi connectivity index (χ3v) is 4.84. The van der Waals surface area contributed by atoms with E-state index in [9.17, 15) is 18.5 Å². The third kappa shape index (κ3) is 7.13. The van der Waals surface area contributed by atoms with Crippen LogP contribution in [0.4, 0.5) is 5.69 Å². The van der Waals surface area contributed by atoms with Gasteiger partial charge in [-0.15, -0.1) is 0 Å². The van der Waals surface area contributed by atoms with Gasteiger partial charge >= 0.3 is 11.9 Å². The lowest BCUT2D eigenvalue weighted by Crippen LogP contribution is -2.47. The molecule has 144 valence electrons. The smallest absolute Gasteiger partial charge is 0.414 e. The summed E-state index contributed by atoms with van der Waals surface area (Å²) in [5.74, 6) is -3.65. The van der Waals surface area contributed by atoms with E-state index in [-0.39, 0.29) is 5.69 Å².